The van der Waals surface area contributed by atoms with E-state index in [2.05, 4.69) is 19.6 Å². The van der Waals surface area contributed by atoms with Gasteiger partial charge in [-0.3, -0.25) is 24.4 Å². The van der Waals surface area contributed by atoms with Crippen molar-refractivity contribution < 1.29 is 22.7 Å². The van der Waals surface area contributed by atoms with Gasteiger partial charge in [0.15, 0.2) is 0 Å². The predicted molar refractivity (Wildman–Crippen MR) is 164 cm³/mol. The molecule has 0 bridgehead atoms. The number of hydrogen-bond donors (Lipinski definition) is 1. The summed E-state index contributed by atoms with van der Waals surface area (Å²) >= 11 is 0. The average molecular weight is 602 g/mol. The number of methoxy groups -OCH3 is 1. The van der Waals surface area contributed by atoms with Crippen molar-refractivity contribution in [3.63, 3.8) is 0 Å². The summed E-state index contributed by atoms with van der Waals surface area (Å²) in [6.07, 6.45) is 7.11. The summed E-state index contributed by atoms with van der Waals surface area (Å²) in [5.41, 5.74) is 1.96. The van der Waals surface area contributed by atoms with Gasteiger partial charge < -0.3 is 14.4 Å². The lowest BCUT2D eigenvalue weighted by atomic mass is 9.86. The second kappa shape index (κ2) is 12.6. The van der Waals surface area contributed by atoms with E-state index in [0.29, 0.717) is 49.7 Å². The molecule has 2 aromatic heterocycles. The molecular weight excluding hydrogens is 566 g/mol. The maximum atomic E-state index is 13.4. The number of piperazine rings is 1. The van der Waals surface area contributed by atoms with Crippen LogP contribution in [0, 0.1) is 5.92 Å². The van der Waals surface area contributed by atoms with Crippen molar-refractivity contribution in [3.05, 3.63) is 84.3 Å². The molecule has 43 heavy (non-hydrogen) atoms. The Hall–Kier alpha value is -4.22. The summed E-state index contributed by atoms with van der Waals surface area (Å²) in [5, 5.41) is 0.719. The van der Waals surface area contributed by atoms with Gasteiger partial charge in [0, 0.05) is 56.1 Å². The van der Waals surface area contributed by atoms with Gasteiger partial charge in [-0.05, 0) is 61.2 Å². The lowest BCUT2D eigenvalue weighted by Crippen LogP contribution is -2.48. The number of rotatable bonds is 10. The zero-order valence-corrected chi connectivity index (χ0v) is 24.9. The lowest BCUT2D eigenvalue weighted by molar-refractivity contribution is 0.0624. The topological polar surface area (TPSA) is 114 Å². The number of fused-ring (bicyclic) bond motifs is 1. The largest absolute Gasteiger partial charge is 0.495 e. The van der Waals surface area contributed by atoms with Gasteiger partial charge in [-0.15, -0.1) is 0 Å². The maximum Gasteiger partial charge on any atom is 0.264 e. The zero-order valence-electron chi connectivity index (χ0n) is 24.1. The van der Waals surface area contributed by atoms with Gasteiger partial charge in [-0.2, -0.15) is 0 Å². The molecule has 11 heteroatoms. The van der Waals surface area contributed by atoms with Crippen LogP contribution in [0.3, 0.4) is 0 Å². The SMILES string of the molecule is COc1cc(C(=O)N2CCN(Cc3ncccc3OCC3CCC3)CC2)ccc1NS(=O)(=O)c1cccc2cccnc12. The van der Waals surface area contributed by atoms with E-state index in [0.717, 1.165) is 23.4 Å². The summed E-state index contributed by atoms with van der Waals surface area (Å²) in [4.78, 5) is 26.4. The van der Waals surface area contributed by atoms with Crippen LogP contribution in [0.5, 0.6) is 11.5 Å². The third kappa shape index (κ3) is 6.42. The number of nitrogens with zero attached hydrogens (tertiary/aromatic N) is 4. The van der Waals surface area contributed by atoms with Crippen molar-refractivity contribution in [2.45, 2.75) is 30.7 Å². The fourth-order valence-electron chi connectivity index (χ4n) is 5.45. The molecule has 2 aromatic carbocycles. The van der Waals surface area contributed by atoms with Crippen LogP contribution in [-0.4, -0.2) is 74.0 Å². The maximum absolute atomic E-state index is 13.4. The molecular formula is C32H35N5O5S. The Bertz CT molecular complexity index is 1710. The molecule has 1 amide bonds. The minimum absolute atomic E-state index is 0.0634. The van der Waals surface area contributed by atoms with E-state index in [1.54, 1.807) is 42.7 Å². The normalized spacial score (nSPS) is 16.1. The lowest BCUT2D eigenvalue weighted by Gasteiger charge is -2.35. The first-order chi connectivity index (χ1) is 20.9. The van der Waals surface area contributed by atoms with Crippen LogP contribution in [0.25, 0.3) is 10.9 Å². The highest BCUT2D eigenvalue weighted by Gasteiger charge is 2.26. The van der Waals surface area contributed by atoms with Crippen molar-refractivity contribution in [2.75, 3.05) is 44.6 Å². The molecule has 0 atom stereocenters. The number of carbonyl (C=O) groups excluding carboxylic acids is 1. The van der Waals surface area contributed by atoms with Crippen LogP contribution in [0.1, 0.15) is 35.3 Å². The van der Waals surface area contributed by atoms with Gasteiger partial charge in [0.25, 0.3) is 15.9 Å². The second-order valence-electron chi connectivity index (χ2n) is 11.0. The Labute approximate surface area is 251 Å². The third-order valence-corrected chi connectivity index (χ3v) is 9.56. The number of hydrogen-bond acceptors (Lipinski definition) is 8. The minimum Gasteiger partial charge on any atom is -0.495 e. The van der Waals surface area contributed by atoms with Crippen molar-refractivity contribution in [2.24, 2.45) is 5.92 Å². The number of sulfonamides is 1. The second-order valence-corrected chi connectivity index (χ2v) is 12.6. The molecule has 0 radical (unpaired) electrons. The number of anilines is 1. The Kier molecular flexibility index (Phi) is 8.44. The summed E-state index contributed by atoms with van der Waals surface area (Å²) in [5.74, 6) is 1.61. The number of benzene rings is 2. The fraction of sp³-hybridized carbons (Fsp3) is 0.344. The molecule has 2 fully saturated rings. The number of carbonyl (C=O) groups is 1. The molecule has 1 N–H and O–H groups in total. The molecule has 1 aliphatic carbocycles. The van der Waals surface area contributed by atoms with Crippen LogP contribution in [0.15, 0.2) is 78.0 Å². The molecule has 10 nitrogen and oxygen atoms in total. The predicted octanol–water partition coefficient (Wildman–Crippen LogP) is 4.58. The number of ether oxygens (including phenoxy) is 2. The first-order valence-corrected chi connectivity index (χ1v) is 16.0. The third-order valence-electron chi connectivity index (χ3n) is 8.16. The van der Waals surface area contributed by atoms with E-state index in [-0.39, 0.29) is 22.2 Å². The molecule has 4 aromatic rings. The van der Waals surface area contributed by atoms with E-state index in [1.807, 2.05) is 29.2 Å². The van der Waals surface area contributed by atoms with Crippen LogP contribution in [-0.2, 0) is 16.6 Å². The minimum atomic E-state index is -3.98. The quantitative estimate of drug-likeness (QED) is 0.281. The number of pyridine rings is 2. The monoisotopic (exact) mass is 601 g/mol. The molecule has 0 spiro atoms. The number of nitrogens with one attached hydrogen (secondary N) is 1. The highest BCUT2D eigenvalue weighted by molar-refractivity contribution is 7.93. The summed E-state index contributed by atoms with van der Waals surface area (Å²) < 4.78 is 40.8. The van der Waals surface area contributed by atoms with E-state index in [1.165, 1.54) is 32.4 Å². The summed E-state index contributed by atoms with van der Waals surface area (Å²) in [6.45, 7) is 3.95. The van der Waals surface area contributed by atoms with Gasteiger partial charge in [0.05, 0.1) is 30.6 Å². The molecule has 0 unspecified atom stereocenters. The van der Waals surface area contributed by atoms with Crippen LogP contribution < -0.4 is 14.2 Å². The highest BCUT2D eigenvalue weighted by atomic mass is 32.2. The van der Waals surface area contributed by atoms with Gasteiger partial charge in [-0.1, -0.05) is 24.6 Å². The number of aromatic nitrogens is 2. The van der Waals surface area contributed by atoms with Gasteiger partial charge in [0.2, 0.25) is 0 Å². The van der Waals surface area contributed by atoms with Crippen molar-refractivity contribution >= 4 is 32.5 Å². The van der Waals surface area contributed by atoms with Crippen molar-refractivity contribution in [1.29, 1.82) is 0 Å². The fourth-order valence-corrected chi connectivity index (χ4v) is 6.70. The molecule has 6 rings (SSSR count). The van der Waals surface area contributed by atoms with E-state index >= 15 is 0 Å². The van der Waals surface area contributed by atoms with Crippen LogP contribution >= 0.6 is 0 Å². The zero-order chi connectivity index (χ0) is 29.8. The van der Waals surface area contributed by atoms with Crippen molar-refractivity contribution in [1.82, 2.24) is 19.8 Å². The number of amides is 1. The summed E-state index contributed by atoms with van der Waals surface area (Å²) in [6, 6.07) is 17.2. The molecule has 1 saturated carbocycles. The van der Waals surface area contributed by atoms with Crippen LogP contribution in [0.4, 0.5) is 5.69 Å². The Morgan fingerprint density at radius 2 is 1.72 bits per heavy atom. The standard InChI is InChI=1S/C32H35N5O5S/c1-41-29-20-25(12-13-26(29)35-43(39,40)30-11-3-8-24-9-4-15-34-31(24)30)32(38)37-18-16-36(17-19-37)21-27-28(10-5-14-33-27)42-22-23-6-2-7-23/h3-5,8-15,20,23,35H,2,6-7,16-19,21-22H2,1H3. The van der Waals surface area contributed by atoms with Gasteiger partial charge >= 0.3 is 0 Å². The van der Waals surface area contributed by atoms with E-state index in [9.17, 15) is 13.2 Å². The van der Waals surface area contributed by atoms with Crippen LogP contribution in [0.2, 0.25) is 0 Å². The Morgan fingerprint density at radius 3 is 2.49 bits per heavy atom. The molecule has 3 heterocycles. The molecule has 1 aliphatic heterocycles. The van der Waals surface area contributed by atoms with Crippen molar-refractivity contribution in [3.8, 4) is 11.5 Å². The van der Waals surface area contributed by atoms with E-state index < -0.39 is 10.0 Å². The number of para-hydroxylation sites is 1. The van der Waals surface area contributed by atoms with Gasteiger partial charge in [0.1, 0.15) is 16.4 Å². The smallest absolute Gasteiger partial charge is 0.264 e. The van der Waals surface area contributed by atoms with E-state index in [4.69, 9.17) is 9.47 Å². The molecule has 2 aliphatic rings. The first-order valence-electron chi connectivity index (χ1n) is 14.5. The summed E-state index contributed by atoms with van der Waals surface area (Å²) in [7, 11) is -2.53. The highest BCUT2D eigenvalue weighted by Crippen LogP contribution is 2.31. The molecule has 1 saturated heterocycles. The average Bonchev–Trinajstić information content (AvgIpc) is 3.01. The molecule has 224 valence electrons. The Balaban J connectivity index is 1.09. The Morgan fingerprint density at radius 1 is 0.953 bits per heavy atom. The first kappa shape index (κ1) is 28.9. The van der Waals surface area contributed by atoms with Gasteiger partial charge in [-0.25, -0.2) is 8.42 Å².